The molecule has 2 unspecified atom stereocenters. The Hall–Kier alpha value is -0.0800. The van der Waals surface area contributed by atoms with Gasteiger partial charge in [0, 0.05) is 18.6 Å². The largest absolute Gasteiger partial charge is 0.378 e. The molecule has 1 heterocycles. The Morgan fingerprint density at radius 1 is 1.50 bits per heavy atom. The van der Waals surface area contributed by atoms with Crippen molar-refractivity contribution in [1.29, 1.82) is 0 Å². The first kappa shape index (κ1) is 12.0. The molecule has 14 heavy (non-hydrogen) atoms. The van der Waals surface area contributed by atoms with Crippen LogP contribution in [0.25, 0.3) is 0 Å². The highest BCUT2D eigenvalue weighted by atomic mass is 16.5. The van der Waals surface area contributed by atoms with Gasteiger partial charge in [0.1, 0.15) is 0 Å². The summed E-state index contributed by atoms with van der Waals surface area (Å²) < 4.78 is 5.68. The predicted octanol–water partition coefficient (Wildman–Crippen LogP) is 2.44. The molecule has 0 aliphatic carbocycles. The van der Waals surface area contributed by atoms with Gasteiger partial charge in [0.25, 0.3) is 0 Å². The standard InChI is InChI=1S/C12H25NO/c1-5-12(6-7-14-11(12)4)9-13-8-10(2)3/h10-11,13H,5-9H2,1-4H3. The molecule has 1 N–H and O–H groups in total. The fourth-order valence-electron chi connectivity index (χ4n) is 2.25. The maximum absolute atomic E-state index is 5.68. The molecule has 0 aromatic carbocycles. The maximum Gasteiger partial charge on any atom is 0.0616 e. The molecule has 1 saturated heterocycles. The van der Waals surface area contributed by atoms with E-state index in [2.05, 4.69) is 33.0 Å². The van der Waals surface area contributed by atoms with E-state index in [1.165, 1.54) is 12.8 Å². The van der Waals surface area contributed by atoms with Crippen LogP contribution in [0.3, 0.4) is 0 Å². The first-order chi connectivity index (χ1) is 6.60. The molecule has 2 heteroatoms. The number of rotatable bonds is 5. The zero-order chi connectivity index (χ0) is 10.6. The molecule has 0 saturated carbocycles. The van der Waals surface area contributed by atoms with Gasteiger partial charge < -0.3 is 10.1 Å². The van der Waals surface area contributed by atoms with Crippen molar-refractivity contribution < 1.29 is 4.74 Å². The summed E-state index contributed by atoms with van der Waals surface area (Å²) in [5, 5.41) is 3.57. The molecule has 84 valence electrons. The topological polar surface area (TPSA) is 21.3 Å². The average Bonchev–Trinajstić information content (AvgIpc) is 2.48. The van der Waals surface area contributed by atoms with Gasteiger partial charge in [-0.05, 0) is 32.2 Å². The Morgan fingerprint density at radius 2 is 2.21 bits per heavy atom. The van der Waals surface area contributed by atoms with Crippen LogP contribution < -0.4 is 5.32 Å². The van der Waals surface area contributed by atoms with Crippen molar-refractivity contribution >= 4 is 0 Å². The van der Waals surface area contributed by atoms with Crippen LogP contribution in [0.2, 0.25) is 0 Å². The van der Waals surface area contributed by atoms with Gasteiger partial charge >= 0.3 is 0 Å². The summed E-state index contributed by atoms with van der Waals surface area (Å²) in [5.41, 5.74) is 0.398. The fourth-order valence-corrected chi connectivity index (χ4v) is 2.25. The second-order valence-corrected chi connectivity index (χ2v) is 5.00. The zero-order valence-corrected chi connectivity index (χ0v) is 10.1. The van der Waals surface area contributed by atoms with Gasteiger partial charge in [-0.25, -0.2) is 0 Å². The third-order valence-corrected chi connectivity index (χ3v) is 3.56. The second-order valence-electron chi connectivity index (χ2n) is 5.00. The van der Waals surface area contributed by atoms with Gasteiger partial charge in [0.15, 0.2) is 0 Å². The SMILES string of the molecule is CCC1(CNCC(C)C)CCOC1C. The third-order valence-electron chi connectivity index (χ3n) is 3.56. The highest BCUT2D eigenvalue weighted by molar-refractivity contribution is 4.90. The minimum absolute atomic E-state index is 0.398. The van der Waals surface area contributed by atoms with Crippen molar-refractivity contribution in [3.05, 3.63) is 0 Å². The Morgan fingerprint density at radius 3 is 2.64 bits per heavy atom. The molecular weight excluding hydrogens is 174 g/mol. The van der Waals surface area contributed by atoms with Crippen molar-refractivity contribution in [1.82, 2.24) is 5.32 Å². The first-order valence-corrected chi connectivity index (χ1v) is 5.93. The van der Waals surface area contributed by atoms with Gasteiger partial charge in [0.2, 0.25) is 0 Å². The Labute approximate surface area is 88.4 Å². The van der Waals surface area contributed by atoms with Crippen LogP contribution in [0, 0.1) is 11.3 Å². The molecule has 0 aromatic rings. The average molecular weight is 199 g/mol. The van der Waals surface area contributed by atoms with E-state index in [1.807, 2.05) is 0 Å². The lowest BCUT2D eigenvalue weighted by atomic mass is 9.79. The maximum atomic E-state index is 5.68. The van der Waals surface area contributed by atoms with Crippen LogP contribution >= 0.6 is 0 Å². The Kier molecular flexibility index (Phi) is 4.39. The van der Waals surface area contributed by atoms with Gasteiger partial charge in [-0.3, -0.25) is 0 Å². The van der Waals surface area contributed by atoms with Gasteiger partial charge in [-0.15, -0.1) is 0 Å². The lowest BCUT2D eigenvalue weighted by Crippen LogP contribution is -2.40. The van der Waals surface area contributed by atoms with Crippen molar-refractivity contribution in [2.45, 2.75) is 46.6 Å². The number of hydrogen-bond donors (Lipinski definition) is 1. The van der Waals surface area contributed by atoms with Crippen molar-refractivity contribution in [3.8, 4) is 0 Å². The molecule has 1 aliphatic rings. The van der Waals surface area contributed by atoms with Gasteiger partial charge in [-0.2, -0.15) is 0 Å². The summed E-state index contributed by atoms with van der Waals surface area (Å²) in [6.45, 7) is 12.2. The molecule has 1 fully saturated rings. The lowest BCUT2D eigenvalue weighted by molar-refractivity contribution is 0.0607. The summed E-state index contributed by atoms with van der Waals surface area (Å²) in [6.07, 6.45) is 2.86. The van der Waals surface area contributed by atoms with E-state index in [0.717, 1.165) is 25.6 Å². The summed E-state index contributed by atoms with van der Waals surface area (Å²) in [5.74, 6) is 0.738. The molecule has 0 aromatic heterocycles. The highest BCUT2D eigenvalue weighted by Crippen LogP contribution is 2.37. The normalized spacial score (nSPS) is 32.8. The Balaban J connectivity index is 2.37. The summed E-state index contributed by atoms with van der Waals surface area (Å²) in [6, 6.07) is 0. The van der Waals surface area contributed by atoms with E-state index < -0.39 is 0 Å². The van der Waals surface area contributed by atoms with Crippen LogP contribution in [0.5, 0.6) is 0 Å². The molecule has 2 nitrogen and oxygen atoms in total. The molecule has 2 atom stereocenters. The van der Waals surface area contributed by atoms with E-state index >= 15 is 0 Å². The minimum Gasteiger partial charge on any atom is -0.378 e. The van der Waals surface area contributed by atoms with Gasteiger partial charge in [-0.1, -0.05) is 20.8 Å². The van der Waals surface area contributed by atoms with Crippen LogP contribution in [-0.2, 0) is 4.74 Å². The molecular formula is C12H25NO. The van der Waals surface area contributed by atoms with E-state index in [4.69, 9.17) is 4.74 Å². The van der Waals surface area contributed by atoms with E-state index in [0.29, 0.717) is 11.5 Å². The summed E-state index contributed by atoms with van der Waals surface area (Å²) >= 11 is 0. The van der Waals surface area contributed by atoms with Crippen LogP contribution in [-0.4, -0.2) is 25.8 Å². The highest BCUT2D eigenvalue weighted by Gasteiger charge is 2.39. The third kappa shape index (κ3) is 2.71. The predicted molar refractivity (Wildman–Crippen MR) is 60.5 cm³/mol. The monoisotopic (exact) mass is 199 g/mol. The number of nitrogens with one attached hydrogen (secondary N) is 1. The van der Waals surface area contributed by atoms with Crippen molar-refractivity contribution in [3.63, 3.8) is 0 Å². The summed E-state index contributed by atoms with van der Waals surface area (Å²) in [4.78, 5) is 0. The number of ether oxygens (including phenoxy) is 1. The first-order valence-electron chi connectivity index (χ1n) is 5.93. The quantitative estimate of drug-likeness (QED) is 0.734. The van der Waals surface area contributed by atoms with Crippen LogP contribution in [0.1, 0.15) is 40.5 Å². The van der Waals surface area contributed by atoms with E-state index in [-0.39, 0.29) is 0 Å². The Bertz CT molecular complexity index is 170. The number of hydrogen-bond acceptors (Lipinski definition) is 2. The zero-order valence-electron chi connectivity index (χ0n) is 10.1. The smallest absolute Gasteiger partial charge is 0.0616 e. The van der Waals surface area contributed by atoms with Crippen LogP contribution in [0.4, 0.5) is 0 Å². The van der Waals surface area contributed by atoms with E-state index in [9.17, 15) is 0 Å². The minimum atomic E-state index is 0.398. The van der Waals surface area contributed by atoms with Crippen molar-refractivity contribution in [2.24, 2.45) is 11.3 Å². The second kappa shape index (κ2) is 5.13. The summed E-state index contributed by atoms with van der Waals surface area (Å²) in [7, 11) is 0. The molecule has 0 amide bonds. The molecule has 1 rings (SSSR count). The van der Waals surface area contributed by atoms with Crippen LogP contribution in [0.15, 0.2) is 0 Å². The molecule has 0 bridgehead atoms. The molecule has 1 aliphatic heterocycles. The lowest BCUT2D eigenvalue weighted by Gasteiger charge is -2.31. The van der Waals surface area contributed by atoms with E-state index in [1.54, 1.807) is 0 Å². The molecule has 0 spiro atoms. The van der Waals surface area contributed by atoms with Gasteiger partial charge in [0.05, 0.1) is 6.10 Å². The van der Waals surface area contributed by atoms with Crippen molar-refractivity contribution in [2.75, 3.05) is 19.7 Å². The fraction of sp³-hybridized carbons (Fsp3) is 1.00. The molecule has 0 radical (unpaired) electrons.